The molecule has 1 aromatic rings. The van der Waals surface area contributed by atoms with Gasteiger partial charge in [0.05, 0.1) is 16.6 Å². The molecule has 2 heterocycles. The van der Waals surface area contributed by atoms with Crippen molar-refractivity contribution in [1.82, 2.24) is 9.88 Å². The van der Waals surface area contributed by atoms with Crippen LogP contribution in [0.2, 0.25) is 0 Å². The van der Waals surface area contributed by atoms with Crippen molar-refractivity contribution < 1.29 is 0 Å². The van der Waals surface area contributed by atoms with Crippen molar-refractivity contribution >= 4 is 22.9 Å². The molecule has 0 aromatic carbocycles. The Hall–Kier alpha value is -0.120. The Kier molecular flexibility index (Phi) is 4.83. The van der Waals surface area contributed by atoms with Gasteiger partial charge in [-0.3, -0.25) is 0 Å². The summed E-state index contributed by atoms with van der Waals surface area (Å²) in [6.07, 6.45) is 3.67. The molecule has 1 aromatic heterocycles. The predicted octanol–water partition coefficient (Wildman–Crippen LogP) is 3.54. The number of aromatic nitrogens is 1. The Morgan fingerprint density at radius 3 is 2.94 bits per heavy atom. The van der Waals surface area contributed by atoms with Crippen LogP contribution in [0.25, 0.3) is 0 Å². The molecule has 2 rings (SSSR count). The summed E-state index contributed by atoms with van der Waals surface area (Å²) >= 11 is 7.49. The van der Waals surface area contributed by atoms with Crippen molar-refractivity contribution in [3.8, 4) is 0 Å². The first-order valence-corrected chi connectivity index (χ1v) is 7.83. The van der Waals surface area contributed by atoms with Crippen LogP contribution in [-0.2, 0) is 12.3 Å². The van der Waals surface area contributed by atoms with Crippen LogP contribution in [0.1, 0.15) is 37.4 Å². The monoisotopic (exact) mass is 272 g/mol. The summed E-state index contributed by atoms with van der Waals surface area (Å²) in [5.41, 5.74) is 1.02. The minimum atomic E-state index is 0.539. The number of rotatable bonds is 5. The number of thiazole rings is 1. The number of hydrogen-bond donors (Lipinski definition) is 0. The Balaban J connectivity index is 1.72. The van der Waals surface area contributed by atoms with Gasteiger partial charge in [0.1, 0.15) is 0 Å². The summed E-state index contributed by atoms with van der Waals surface area (Å²) in [5.74, 6) is 1.41. The van der Waals surface area contributed by atoms with Gasteiger partial charge < -0.3 is 4.90 Å². The summed E-state index contributed by atoms with van der Waals surface area (Å²) in [4.78, 5) is 7.11. The lowest BCUT2D eigenvalue weighted by Crippen LogP contribution is -2.28. The van der Waals surface area contributed by atoms with Crippen LogP contribution in [0.15, 0.2) is 5.38 Å². The molecule has 4 heteroatoms. The third-order valence-electron chi connectivity index (χ3n) is 3.49. The molecular weight excluding hydrogens is 252 g/mol. The standard InChI is InChI=1S/C13H21ClN2S/c1-10-6-11(2)16(8-10)5-3-4-13-15-12(7-14)9-17-13/h9-11H,3-8H2,1-2H3. The van der Waals surface area contributed by atoms with Gasteiger partial charge in [0.15, 0.2) is 0 Å². The van der Waals surface area contributed by atoms with E-state index in [-0.39, 0.29) is 0 Å². The molecule has 0 aliphatic carbocycles. The van der Waals surface area contributed by atoms with Crippen LogP contribution in [0.5, 0.6) is 0 Å². The Morgan fingerprint density at radius 1 is 1.53 bits per heavy atom. The van der Waals surface area contributed by atoms with E-state index in [1.165, 1.54) is 30.9 Å². The fourth-order valence-electron chi connectivity index (χ4n) is 2.66. The fraction of sp³-hybridized carbons (Fsp3) is 0.769. The Bertz CT molecular complexity index is 353. The largest absolute Gasteiger partial charge is 0.300 e. The average molecular weight is 273 g/mol. The van der Waals surface area contributed by atoms with Gasteiger partial charge in [0.25, 0.3) is 0 Å². The molecular formula is C13H21ClN2S. The Labute approximate surface area is 113 Å². The number of aryl methyl sites for hydroxylation is 1. The van der Waals surface area contributed by atoms with Gasteiger partial charge in [-0.2, -0.15) is 0 Å². The van der Waals surface area contributed by atoms with E-state index in [0.29, 0.717) is 5.88 Å². The van der Waals surface area contributed by atoms with E-state index in [0.717, 1.165) is 24.1 Å². The zero-order chi connectivity index (χ0) is 12.3. The molecule has 0 N–H and O–H groups in total. The van der Waals surface area contributed by atoms with Gasteiger partial charge in [0, 0.05) is 24.4 Å². The lowest BCUT2D eigenvalue weighted by atomic mass is 10.1. The first-order chi connectivity index (χ1) is 8.19. The third kappa shape index (κ3) is 3.67. The molecule has 96 valence electrons. The second kappa shape index (κ2) is 6.17. The zero-order valence-electron chi connectivity index (χ0n) is 10.7. The third-order valence-corrected chi connectivity index (χ3v) is 4.72. The molecule has 1 aliphatic heterocycles. The fourth-order valence-corrected chi connectivity index (χ4v) is 3.73. The summed E-state index contributed by atoms with van der Waals surface area (Å²) < 4.78 is 0. The number of likely N-dealkylation sites (tertiary alicyclic amines) is 1. The summed E-state index contributed by atoms with van der Waals surface area (Å²) in [7, 11) is 0. The van der Waals surface area contributed by atoms with Gasteiger partial charge in [-0.1, -0.05) is 6.92 Å². The Morgan fingerprint density at radius 2 is 2.35 bits per heavy atom. The van der Waals surface area contributed by atoms with E-state index in [4.69, 9.17) is 11.6 Å². The first-order valence-electron chi connectivity index (χ1n) is 6.42. The second-order valence-electron chi connectivity index (χ2n) is 5.15. The average Bonchev–Trinajstić information content (AvgIpc) is 2.86. The smallest absolute Gasteiger partial charge is 0.0929 e. The maximum atomic E-state index is 5.75. The molecule has 2 atom stereocenters. The molecule has 1 aliphatic rings. The van der Waals surface area contributed by atoms with E-state index in [9.17, 15) is 0 Å². The maximum absolute atomic E-state index is 5.75. The normalized spacial score (nSPS) is 25.6. The predicted molar refractivity (Wildman–Crippen MR) is 74.8 cm³/mol. The van der Waals surface area contributed by atoms with Gasteiger partial charge in [-0.25, -0.2) is 4.98 Å². The molecule has 0 spiro atoms. The molecule has 0 amide bonds. The van der Waals surface area contributed by atoms with E-state index >= 15 is 0 Å². The second-order valence-corrected chi connectivity index (χ2v) is 6.36. The van der Waals surface area contributed by atoms with Crippen LogP contribution in [0.4, 0.5) is 0 Å². The lowest BCUT2D eigenvalue weighted by molar-refractivity contribution is 0.262. The van der Waals surface area contributed by atoms with E-state index in [2.05, 4.69) is 29.1 Å². The topological polar surface area (TPSA) is 16.1 Å². The SMILES string of the molecule is CC1CC(C)N(CCCc2nc(CCl)cs2)C1. The molecule has 0 bridgehead atoms. The summed E-state index contributed by atoms with van der Waals surface area (Å²) in [6, 6.07) is 0.764. The van der Waals surface area contributed by atoms with Crippen molar-refractivity contribution in [1.29, 1.82) is 0 Å². The molecule has 1 fully saturated rings. The van der Waals surface area contributed by atoms with Crippen molar-refractivity contribution in [3.05, 3.63) is 16.1 Å². The van der Waals surface area contributed by atoms with Crippen LogP contribution in [-0.4, -0.2) is 29.0 Å². The quantitative estimate of drug-likeness (QED) is 0.762. The van der Waals surface area contributed by atoms with Crippen LogP contribution < -0.4 is 0 Å². The number of alkyl halides is 1. The molecule has 0 saturated carbocycles. The molecule has 2 nitrogen and oxygen atoms in total. The summed E-state index contributed by atoms with van der Waals surface area (Å²) in [5, 5.41) is 3.31. The van der Waals surface area contributed by atoms with E-state index in [1.54, 1.807) is 11.3 Å². The highest BCUT2D eigenvalue weighted by molar-refractivity contribution is 7.09. The van der Waals surface area contributed by atoms with Crippen LogP contribution in [0.3, 0.4) is 0 Å². The molecule has 1 saturated heterocycles. The minimum absolute atomic E-state index is 0.539. The molecule has 17 heavy (non-hydrogen) atoms. The first kappa shape index (κ1) is 13.3. The van der Waals surface area contributed by atoms with Crippen LogP contribution in [0, 0.1) is 5.92 Å². The highest BCUT2D eigenvalue weighted by Crippen LogP contribution is 2.22. The lowest BCUT2D eigenvalue weighted by Gasteiger charge is -2.20. The van der Waals surface area contributed by atoms with Gasteiger partial charge >= 0.3 is 0 Å². The van der Waals surface area contributed by atoms with E-state index in [1.807, 2.05) is 0 Å². The van der Waals surface area contributed by atoms with Crippen molar-refractivity contribution in [2.75, 3.05) is 13.1 Å². The highest BCUT2D eigenvalue weighted by atomic mass is 35.5. The van der Waals surface area contributed by atoms with Gasteiger partial charge in [-0.15, -0.1) is 22.9 Å². The molecule has 2 unspecified atom stereocenters. The number of halogens is 1. The van der Waals surface area contributed by atoms with Crippen LogP contribution >= 0.6 is 22.9 Å². The zero-order valence-corrected chi connectivity index (χ0v) is 12.2. The molecule has 0 radical (unpaired) electrons. The van der Waals surface area contributed by atoms with Crippen molar-refractivity contribution in [3.63, 3.8) is 0 Å². The van der Waals surface area contributed by atoms with Gasteiger partial charge in [-0.05, 0) is 32.2 Å². The van der Waals surface area contributed by atoms with Crippen molar-refractivity contribution in [2.24, 2.45) is 5.92 Å². The van der Waals surface area contributed by atoms with Crippen molar-refractivity contribution in [2.45, 2.75) is 45.0 Å². The van der Waals surface area contributed by atoms with E-state index < -0.39 is 0 Å². The highest BCUT2D eigenvalue weighted by Gasteiger charge is 2.25. The summed E-state index contributed by atoms with van der Waals surface area (Å²) in [6.45, 7) is 7.18. The minimum Gasteiger partial charge on any atom is -0.300 e. The van der Waals surface area contributed by atoms with Gasteiger partial charge in [0.2, 0.25) is 0 Å². The number of hydrogen-bond acceptors (Lipinski definition) is 3. The maximum Gasteiger partial charge on any atom is 0.0929 e. The number of nitrogens with zero attached hydrogens (tertiary/aromatic N) is 2.